The molecule has 8 heteroatoms. The molecule has 3 rings (SSSR count). The predicted molar refractivity (Wildman–Crippen MR) is 103 cm³/mol. The number of nitrogens with zero attached hydrogens (tertiary/aromatic N) is 2. The van der Waals surface area contributed by atoms with Crippen LogP contribution in [-0.4, -0.2) is 31.0 Å². The minimum absolute atomic E-state index is 0.118. The Morgan fingerprint density at radius 1 is 1.11 bits per heavy atom. The Bertz CT molecular complexity index is 1040. The molecule has 0 aliphatic carbocycles. The Kier molecular flexibility index (Phi) is 4.84. The average molecular weight is 386 g/mol. The molecule has 0 radical (unpaired) electrons. The van der Waals surface area contributed by atoms with Crippen molar-refractivity contribution in [1.29, 1.82) is 0 Å². The van der Waals surface area contributed by atoms with E-state index >= 15 is 0 Å². The number of hydrogen-bond acceptors (Lipinski definition) is 5. The molecule has 0 saturated carbocycles. The van der Waals surface area contributed by atoms with Crippen LogP contribution in [-0.2, 0) is 9.84 Å². The number of rotatable bonds is 4. The summed E-state index contributed by atoms with van der Waals surface area (Å²) < 4.78 is 23.8. The predicted octanol–water partition coefficient (Wildman–Crippen LogP) is 3.17. The van der Waals surface area contributed by atoms with Crippen molar-refractivity contribution in [2.75, 3.05) is 10.7 Å². The maximum Gasteiger partial charge on any atom is 0.269 e. The first-order valence-electron chi connectivity index (χ1n) is 8.24. The topological polar surface area (TPSA) is 97.6 Å². The van der Waals surface area contributed by atoms with E-state index < -0.39 is 26.7 Å². The van der Waals surface area contributed by atoms with Crippen molar-refractivity contribution in [1.82, 2.24) is 0 Å². The van der Waals surface area contributed by atoms with Gasteiger partial charge in [-0.15, -0.1) is 0 Å². The van der Waals surface area contributed by atoms with Gasteiger partial charge < -0.3 is 4.90 Å². The lowest BCUT2D eigenvalue weighted by Gasteiger charge is -2.28. The molecule has 0 N–H and O–H groups in total. The largest absolute Gasteiger partial charge is 0.300 e. The molecule has 0 spiro atoms. The number of carbonyl (C=O) groups is 1. The fraction of sp³-hybridized carbons (Fsp3) is 0.211. The molecule has 27 heavy (non-hydrogen) atoms. The highest BCUT2D eigenvalue weighted by atomic mass is 32.2. The number of hydrogen-bond donors (Lipinski definition) is 0. The van der Waals surface area contributed by atoms with Crippen molar-refractivity contribution in [2.24, 2.45) is 0 Å². The molecule has 0 aromatic heterocycles. The van der Waals surface area contributed by atoms with Gasteiger partial charge in [0.05, 0.1) is 16.7 Å². The number of amides is 1. The van der Waals surface area contributed by atoms with E-state index in [1.165, 1.54) is 35.2 Å². The van der Waals surface area contributed by atoms with Gasteiger partial charge in [-0.25, -0.2) is 8.42 Å². The van der Waals surface area contributed by atoms with Crippen LogP contribution in [0.3, 0.4) is 0 Å². The number of nitro groups is 1. The van der Waals surface area contributed by atoms with E-state index in [1.54, 1.807) is 6.07 Å². The molecule has 2 aromatic rings. The third kappa shape index (κ3) is 3.90. The number of nitro benzene ring substituents is 1. The minimum atomic E-state index is -3.36. The highest BCUT2D eigenvalue weighted by Crippen LogP contribution is 2.27. The highest BCUT2D eigenvalue weighted by Gasteiger charge is 2.32. The number of non-ortho nitro benzene ring substituents is 1. The van der Waals surface area contributed by atoms with Gasteiger partial charge >= 0.3 is 0 Å². The van der Waals surface area contributed by atoms with Crippen LogP contribution in [0.15, 0.2) is 53.9 Å². The van der Waals surface area contributed by atoms with E-state index in [-0.39, 0.29) is 17.0 Å². The van der Waals surface area contributed by atoms with Crippen LogP contribution in [0.4, 0.5) is 11.4 Å². The van der Waals surface area contributed by atoms with Gasteiger partial charge in [0, 0.05) is 28.8 Å². The number of sulfone groups is 1. The Balaban J connectivity index is 2.03. The Morgan fingerprint density at radius 3 is 2.30 bits per heavy atom. The van der Waals surface area contributed by atoms with Crippen LogP contribution in [0.2, 0.25) is 0 Å². The Labute approximate surface area is 157 Å². The van der Waals surface area contributed by atoms with Gasteiger partial charge in [-0.05, 0) is 55.3 Å². The average Bonchev–Trinajstić information content (AvgIpc) is 2.97. The van der Waals surface area contributed by atoms with Crippen LogP contribution in [0.25, 0.3) is 0 Å². The zero-order chi connectivity index (χ0) is 19.8. The molecule has 0 bridgehead atoms. The summed E-state index contributed by atoms with van der Waals surface area (Å²) >= 11 is 0. The first-order chi connectivity index (χ1) is 12.7. The maximum absolute atomic E-state index is 13.1. The summed E-state index contributed by atoms with van der Waals surface area (Å²) in [7, 11) is -3.36. The normalized spacial score (nSPS) is 17.6. The second-order valence-corrected chi connectivity index (χ2v) is 8.40. The first-order valence-corrected chi connectivity index (χ1v) is 9.96. The fourth-order valence-corrected chi connectivity index (χ4v) is 4.19. The van der Waals surface area contributed by atoms with Gasteiger partial charge in [-0.2, -0.15) is 0 Å². The minimum Gasteiger partial charge on any atom is -0.300 e. The molecule has 1 atom stereocenters. The van der Waals surface area contributed by atoms with Gasteiger partial charge in [0.25, 0.3) is 11.6 Å². The van der Waals surface area contributed by atoms with Crippen molar-refractivity contribution in [3.05, 3.63) is 80.8 Å². The molecule has 1 heterocycles. The molecular weight excluding hydrogens is 368 g/mol. The van der Waals surface area contributed by atoms with Gasteiger partial charge in [0.2, 0.25) is 0 Å². The monoisotopic (exact) mass is 386 g/mol. The van der Waals surface area contributed by atoms with E-state index in [4.69, 9.17) is 0 Å². The molecule has 1 amide bonds. The summed E-state index contributed by atoms with van der Waals surface area (Å²) in [5.74, 6) is -0.613. The summed E-state index contributed by atoms with van der Waals surface area (Å²) in [5.41, 5.74) is 2.73. The lowest BCUT2D eigenvalue weighted by molar-refractivity contribution is -0.384. The number of carbonyl (C=O) groups excluding carboxylic acids is 1. The van der Waals surface area contributed by atoms with E-state index in [9.17, 15) is 23.3 Å². The van der Waals surface area contributed by atoms with Crippen molar-refractivity contribution >= 4 is 27.1 Å². The molecule has 1 unspecified atom stereocenters. The second kappa shape index (κ2) is 6.96. The Morgan fingerprint density at radius 2 is 1.78 bits per heavy atom. The number of aryl methyl sites for hydroxylation is 2. The van der Waals surface area contributed by atoms with Crippen LogP contribution in [0, 0.1) is 24.0 Å². The number of benzene rings is 2. The molecule has 2 aromatic carbocycles. The van der Waals surface area contributed by atoms with Crippen molar-refractivity contribution in [3.63, 3.8) is 0 Å². The summed E-state index contributed by atoms with van der Waals surface area (Å²) in [4.78, 5) is 24.9. The zero-order valence-electron chi connectivity index (χ0n) is 14.8. The molecule has 0 saturated heterocycles. The SMILES string of the molecule is Cc1ccc(N(C(=O)c2ccc([N+](=O)[O-])cc2)C2C=CS(=O)(=O)C2)cc1C. The third-order valence-corrected chi connectivity index (χ3v) is 5.93. The molecule has 140 valence electrons. The van der Waals surface area contributed by atoms with Gasteiger partial charge in [-0.3, -0.25) is 14.9 Å². The molecule has 0 fully saturated rings. The summed E-state index contributed by atoms with van der Waals surface area (Å²) in [6.07, 6.45) is 1.49. The summed E-state index contributed by atoms with van der Waals surface area (Å²) in [6, 6.07) is 10.1. The fourth-order valence-electron chi connectivity index (χ4n) is 2.92. The quantitative estimate of drug-likeness (QED) is 0.594. The molecule has 7 nitrogen and oxygen atoms in total. The molecule has 1 aliphatic rings. The van der Waals surface area contributed by atoms with Crippen LogP contribution in [0.1, 0.15) is 21.5 Å². The first kappa shape index (κ1) is 18.8. The highest BCUT2D eigenvalue weighted by molar-refractivity contribution is 7.94. The zero-order valence-corrected chi connectivity index (χ0v) is 15.6. The van der Waals surface area contributed by atoms with Crippen LogP contribution < -0.4 is 4.90 Å². The smallest absolute Gasteiger partial charge is 0.269 e. The van der Waals surface area contributed by atoms with Gasteiger partial charge in [0.15, 0.2) is 9.84 Å². The van der Waals surface area contributed by atoms with E-state index in [2.05, 4.69) is 0 Å². The number of anilines is 1. The second-order valence-electron chi connectivity index (χ2n) is 6.47. The lowest BCUT2D eigenvalue weighted by Crippen LogP contribution is -2.41. The van der Waals surface area contributed by atoms with E-state index in [0.29, 0.717) is 5.69 Å². The van der Waals surface area contributed by atoms with Crippen LogP contribution >= 0.6 is 0 Å². The summed E-state index contributed by atoms with van der Waals surface area (Å²) in [6.45, 7) is 3.86. The van der Waals surface area contributed by atoms with Gasteiger partial charge in [-0.1, -0.05) is 6.07 Å². The van der Waals surface area contributed by atoms with Crippen molar-refractivity contribution in [3.8, 4) is 0 Å². The summed E-state index contributed by atoms with van der Waals surface area (Å²) in [5, 5.41) is 11.9. The molecule has 1 aliphatic heterocycles. The Hall–Kier alpha value is -3.00. The van der Waals surface area contributed by atoms with Gasteiger partial charge in [0.1, 0.15) is 0 Å². The van der Waals surface area contributed by atoms with Crippen molar-refractivity contribution in [2.45, 2.75) is 19.9 Å². The van der Waals surface area contributed by atoms with E-state index in [1.807, 2.05) is 26.0 Å². The van der Waals surface area contributed by atoms with E-state index in [0.717, 1.165) is 16.5 Å². The standard InChI is InChI=1S/C19H18N2O5S/c1-13-3-6-17(11-14(13)2)20(18-9-10-27(25,26)12-18)19(22)15-4-7-16(8-5-15)21(23)24/h3-11,18H,12H2,1-2H3. The third-order valence-electron chi connectivity index (χ3n) is 4.56. The molecular formula is C19H18N2O5S. The van der Waals surface area contributed by atoms with Crippen LogP contribution in [0.5, 0.6) is 0 Å². The lowest BCUT2D eigenvalue weighted by atomic mass is 10.1. The van der Waals surface area contributed by atoms with Crippen molar-refractivity contribution < 1.29 is 18.1 Å². The maximum atomic E-state index is 13.1.